The second-order valence-electron chi connectivity index (χ2n) is 5.50. The highest BCUT2D eigenvalue weighted by Crippen LogP contribution is 2.30. The molecule has 0 saturated carbocycles. The minimum absolute atomic E-state index is 0.248. The molecule has 1 N–H and O–H groups in total. The molecule has 0 aliphatic rings. The molecule has 26 heavy (non-hydrogen) atoms. The molecule has 4 aromatic rings. The Kier molecular flexibility index (Phi) is 5.01. The summed E-state index contributed by atoms with van der Waals surface area (Å²) in [5.41, 5.74) is 5.89. The maximum atomic E-state index is 13.1. The van der Waals surface area contributed by atoms with E-state index in [9.17, 15) is 4.39 Å². The fraction of sp³-hybridized carbons (Fsp3) is 0.105. The smallest absolute Gasteiger partial charge is 0.303 e. The van der Waals surface area contributed by atoms with Crippen LogP contribution >= 0.6 is 0 Å². The SMILES string of the molecule is CCc1cnc2ccc(-c3cn[nH]c3-c3ccc(F)cc3)cn12.O=C=O. The summed E-state index contributed by atoms with van der Waals surface area (Å²) < 4.78 is 15.2. The van der Waals surface area contributed by atoms with Gasteiger partial charge in [-0.2, -0.15) is 14.7 Å². The van der Waals surface area contributed by atoms with Crippen LogP contribution in [0.2, 0.25) is 0 Å². The standard InChI is InChI=1S/C18H15FN4.CO2/c1-2-15-9-20-17-8-5-13(11-23(15)17)16-10-21-22-18(16)12-3-6-14(19)7-4-12;2-1-3/h3-11H,2H2,1H3,(H,21,22);. The van der Waals surface area contributed by atoms with Gasteiger partial charge >= 0.3 is 6.15 Å². The lowest BCUT2D eigenvalue weighted by atomic mass is 10.0. The van der Waals surface area contributed by atoms with Gasteiger partial charge in [-0.15, -0.1) is 0 Å². The minimum atomic E-state index is -0.248. The van der Waals surface area contributed by atoms with Crippen LogP contribution in [0.4, 0.5) is 4.39 Å². The number of carbonyl (C=O) groups excluding carboxylic acids is 2. The molecule has 130 valence electrons. The van der Waals surface area contributed by atoms with Crippen LogP contribution in [0.15, 0.2) is 55.0 Å². The van der Waals surface area contributed by atoms with Crippen LogP contribution in [0.5, 0.6) is 0 Å². The van der Waals surface area contributed by atoms with Crippen molar-refractivity contribution in [2.24, 2.45) is 0 Å². The second-order valence-corrected chi connectivity index (χ2v) is 5.50. The first kappa shape index (κ1) is 17.3. The van der Waals surface area contributed by atoms with Crippen LogP contribution in [0.1, 0.15) is 12.6 Å². The molecular weight excluding hydrogens is 335 g/mol. The van der Waals surface area contributed by atoms with E-state index in [1.807, 2.05) is 18.3 Å². The van der Waals surface area contributed by atoms with Gasteiger partial charge in [0.05, 0.1) is 11.9 Å². The Morgan fingerprint density at radius 3 is 2.46 bits per heavy atom. The summed E-state index contributed by atoms with van der Waals surface area (Å²) in [5, 5.41) is 7.18. The van der Waals surface area contributed by atoms with E-state index in [-0.39, 0.29) is 12.0 Å². The number of pyridine rings is 1. The summed E-state index contributed by atoms with van der Waals surface area (Å²) in [6.07, 6.45) is 6.93. The van der Waals surface area contributed by atoms with Crippen molar-refractivity contribution >= 4 is 11.8 Å². The van der Waals surface area contributed by atoms with Crippen molar-refractivity contribution in [3.63, 3.8) is 0 Å². The van der Waals surface area contributed by atoms with Crippen LogP contribution < -0.4 is 0 Å². The summed E-state index contributed by atoms with van der Waals surface area (Å²) in [7, 11) is 0. The zero-order chi connectivity index (χ0) is 18.5. The van der Waals surface area contributed by atoms with Crippen molar-refractivity contribution in [3.8, 4) is 22.4 Å². The number of imidazole rings is 1. The normalized spacial score (nSPS) is 10.2. The van der Waals surface area contributed by atoms with Gasteiger partial charge < -0.3 is 4.40 Å². The van der Waals surface area contributed by atoms with E-state index in [4.69, 9.17) is 9.59 Å². The molecular formula is C19H15FN4O2. The molecule has 3 heterocycles. The first-order valence-electron chi connectivity index (χ1n) is 7.92. The Morgan fingerprint density at radius 1 is 1.08 bits per heavy atom. The van der Waals surface area contributed by atoms with Crippen molar-refractivity contribution in [3.05, 3.63) is 66.5 Å². The first-order valence-corrected chi connectivity index (χ1v) is 7.92. The number of aryl methyl sites for hydroxylation is 1. The third-order valence-corrected chi connectivity index (χ3v) is 4.03. The van der Waals surface area contributed by atoms with Crippen molar-refractivity contribution in [2.75, 3.05) is 0 Å². The summed E-state index contributed by atoms with van der Waals surface area (Å²) in [6, 6.07) is 10.4. The number of H-pyrrole nitrogens is 1. The van der Waals surface area contributed by atoms with Crippen LogP contribution in [0.25, 0.3) is 28.0 Å². The van der Waals surface area contributed by atoms with E-state index >= 15 is 0 Å². The molecule has 0 atom stereocenters. The first-order chi connectivity index (χ1) is 12.7. The molecule has 0 radical (unpaired) electrons. The summed E-state index contributed by atoms with van der Waals surface area (Å²) in [6.45, 7) is 2.11. The predicted octanol–water partition coefficient (Wildman–Crippen LogP) is 3.51. The molecule has 1 aromatic carbocycles. The Balaban J connectivity index is 0.000000613. The zero-order valence-corrected chi connectivity index (χ0v) is 13.9. The number of aromatic amines is 1. The Hall–Kier alpha value is -3.57. The largest absolute Gasteiger partial charge is 0.373 e. The van der Waals surface area contributed by atoms with Crippen LogP contribution in [-0.4, -0.2) is 25.7 Å². The number of rotatable bonds is 3. The Morgan fingerprint density at radius 2 is 1.77 bits per heavy atom. The lowest BCUT2D eigenvalue weighted by Gasteiger charge is -2.06. The molecule has 0 unspecified atom stereocenters. The summed E-state index contributed by atoms with van der Waals surface area (Å²) >= 11 is 0. The van der Waals surface area contributed by atoms with Crippen LogP contribution in [-0.2, 0) is 16.0 Å². The third-order valence-electron chi connectivity index (χ3n) is 4.03. The number of hydrogen-bond acceptors (Lipinski definition) is 4. The van der Waals surface area contributed by atoms with E-state index in [0.29, 0.717) is 0 Å². The molecule has 7 heteroatoms. The van der Waals surface area contributed by atoms with E-state index in [2.05, 4.69) is 32.7 Å². The number of hydrogen-bond donors (Lipinski definition) is 1. The van der Waals surface area contributed by atoms with Gasteiger partial charge in [-0.05, 0) is 42.8 Å². The Bertz CT molecular complexity index is 1060. The monoisotopic (exact) mass is 350 g/mol. The van der Waals surface area contributed by atoms with Gasteiger partial charge in [-0.3, -0.25) is 5.10 Å². The van der Waals surface area contributed by atoms with Gasteiger partial charge in [0.1, 0.15) is 11.5 Å². The molecule has 0 saturated heterocycles. The van der Waals surface area contributed by atoms with Gasteiger partial charge in [-0.1, -0.05) is 6.92 Å². The molecule has 0 fully saturated rings. The van der Waals surface area contributed by atoms with E-state index in [1.165, 1.54) is 12.1 Å². The van der Waals surface area contributed by atoms with Crippen LogP contribution in [0, 0.1) is 5.82 Å². The van der Waals surface area contributed by atoms with E-state index in [1.54, 1.807) is 18.3 Å². The average molecular weight is 350 g/mol. The number of nitrogens with zero attached hydrogens (tertiary/aromatic N) is 3. The average Bonchev–Trinajstić information content (AvgIpc) is 3.29. The highest BCUT2D eigenvalue weighted by molar-refractivity contribution is 5.80. The number of halogens is 1. The molecule has 6 nitrogen and oxygen atoms in total. The van der Waals surface area contributed by atoms with Crippen molar-refractivity contribution in [1.29, 1.82) is 0 Å². The maximum absolute atomic E-state index is 13.1. The number of benzene rings is 1. The van der Waals surface area contributed by atoms with Crippen molar-refractivity contribution in [2.45, 2.75) is 13.3 Å². The lowest BCUT2D eigenvalue weighted by molar-refractivity contribution is -0.191. The molecule has 0 amide bonds. The van der Waals surface area contributed by atoms with Crippen molar-refractivity contribution in [1.82, 2.24) is 19.6 Å². The molecule has 0 spiro atoms. The lowest BCUT2D eigenvalue weighted by Crippen LogP contribution is -1.92. The van der Waals surface area contributed by atoms with E-state index < -0.39 is 0 Å². The van der Waals surface area contributed by atoms with Crippen LogP contribution in [0.3, 0.4) is 0 Å². The van der Waals surface area contributed by atoms with Gasteiger partial charge in [0, 0.05) is 34.8 Å². The number of fused-ring (bicyclic) bond motifs is 1. The van der Waals surface area contributed by atoms with Gasteiger partial charge in [0.25, 0.3) is 0 Å². The topological polar surface area (TPSA) is 80.1 Å². The number of nitrogens with one attached hydrogen (secondary N) is 1. The second kappa shape index (κ2) is 7.55. The Labute approximate surface area is 148 Å². The molecule has 0 bridgehead atoms. The van der Waals surface area contributed by atoms with Crippen molar-refractivity contribution < 1.29 is 14.0 Å². The molecule has 3 aromatic heterocycles. The van der Waals surface area contributed by atoms with E-state index in [0.717, 1.165) is 40.1 Å². The highest BCUT2D eigenvalue weighted by Gasteiger charge is 2.11. The summed E-state index contributed by atoms with van der Waals surface area (Å²) in [5.74, 6) is -0.248. The quantitative estimate of drug-likeness (QED) is 0.613. The number of aromatic nitrogens is 4. The predicted molar refractivity (Wildman–Crippen MR) is 92.6 cm³/mol. The minimum Gasteiger partial charge on any atom is -0.303 e. The fourth-order valence-electron chi connectivity index (χ4n) is 2.79. The maximum Gasteiger partial charge on any atom is 0.373 e. The van der Waals surface area contributed by atoms with Gasteiger partial charge in [0.2, 0.25) is 0 Å². The van der Waals surface area contributed by atoms with Gasteiger partial charge in [-0.25, -0.2) is 9.37 Å². The summed E-state index contributed by atoms with van der Waals surface area (Å²) in [4.78, 5) is 20.7. The fourth-order valence-corrected chi connectivity index (χ4v) is 2.79. The third kappa shape index (κ3) is 3.29. The molecule has 0 aliphatic carbocycles. The zero-order valence-electron chi connectivity index (χ0n) is 13.9. The molecule has 4 rings (SSSR count). The van der Waals surface area contributed by atoms with Gasteiger partial charge in [0.15, 0.2) is 0 Å². The highest BCUT2D eigenvalue weighted by atomic mass is 19.1. The molecule has 0 aliphatic heterocycles.